The second-order valence-corrected chi connectivity index (χ2v) is 8.73. The molecule has 0 saturated carbocycles. The summed E-state index contributed by atoms with van der Waals surface area (Å²) in [6.45, 7) is 0.343. The van der Waals surface area contributed by atoms with Crippen LogP contribution in [0.2, 0.25) is 10.0 Å². The number of ether oxygens (including phenoxy) is 1. The van der Waals surface area contributed by atoms with E-state index in [1.807, 2.05) is 30.3 Å². The van der Waals surface area contributed by atoms with Gasteiger partial charge in [0.2, 0.25) is 0 Å². The second kappa shape index (κ2) is 10.8. The van der Waals surface area contributed by atoms with Crippen molar-refractivity contribution >= 4 is 52.9 Å². The van der Waals surface area contributed by atoms with Crippen molar-refractivity contribution in [2.75, 3.05) is 13.2 Å². The van der Waals surface area contributed by atoms with Crippen molar-refractivity contribution in [2.45, 2.75) is 24.2 Å². The molecule has 3 N–H and O–H groups in total. The predicted octanol–water partition coefficient (Wildman–Crippen LogP) is 5.14. The minimum Gasteiger partial charge on any atom is -0.489 e. The van der Waals surface area contributed by atoms with Crippen LogP contribution in [-0.4, -0.2) is 36.1 Å². The molecule has 0 fully saturated rings. The van der Waals surface area contributed by atoms with Gasteiger partial charge in [-0.25, -0.2) is 5.84 Å². The lowest BCUT2D eigenvalue weighted by molar-refractivity contribution is -0.115. The van der Waals surface area contributed by atoms with E-state index in [9.17, 15) is 9.59 Å². The fourth-order valence-electron chi connectivity index (χ4n) is 3.09. The standard InChI is InChI=1S/C22H21Cl2N3O3S/c23-16-10-9-15(20(24)22(16)30-12-11-27(26)13-25)21(29)19-17(28)7-4-8-18(19)31-14-5-2-1-3-6-14/h1-3,5-6,9-10,13,25H,4,7-8,11-12,26H2. The zero-order chi connectivity index (χ0) is 22.4. The molecule has 0 heterocycles. The van der Waals surface area contributed by atoms with E-state index in [0.29, 0.717) is 19.3 Å². The number of thioether (sulfide) groups is 1. The van der Waals surface area contributed by atoms with E-state index in [-0.39, 0.29) is 45.9 Å². The summed E-state index contributed by atoms with van der Waals surface area (Å²) < 4.78 is 5.62. The zero-order valence-electron chi connectivity index (χ0n) is 16.6. The minimum atomic E-state index is -0.436. The van der Waals surface area contributed by atoms with Gasteiger partial charge < -0.3 is 4.74 Å². The van der Waals surface area contributed by atoms with Crippen LogP contribution in [0.5, 0.6) is 5.75 Å². The van der Waals surface area contributed by atoms with E-state index in [1.54, 1.807) is 0 Å². The number of ketones is 2. The van der Waals surface area contributed by atoms with E-state index in [1.165, 1.54) is 23.9 Å². The number of nitrogens with two attached hydrogens (primary N) is 1. The monoisotopic (exact) mass is 477 g/mol. The molecular weight excluding hydrogens is 457 g/mol. The maximum absolute atomic E-state index is 13.4. The SMILES string of the molecule is N=CN(N)CCOc1c(Cl)ccc(C(=O)C2=C(Sc3ccccc3)CCCC2=O)c1Cl. The van der Waals surface area contributed by atoms with Crippen molar-refractivity contribution in [1.29, 1.82) is 5.41 Å². The Labute approximate surface area is 194 Å². The molecule has 1 aliphatic rings. The van der Waals surface area contributed by atoms with Crippen LogP contribution in [0.3, 0.4) is 0 Å². The summed E-state index contributed by atoms with van der Waals surface area (Å²) in [5.41, 5.74) is 0.335. The van der Waals surface area contributed by atoms with Gasteiger partial charge in [0.15, 0.2) is 17.3 Å². The molecule has 1 aliphatic carbocycles. The van der Waals surface area contributed by atoms with Crippen molar-refractivity contribution in [1.82, 2.24) is 5.01 Å². The Morgan fingerprint density at radius 2 is 1.94 bits per heavy atom. The smallest absolute Gasteiger partial charge is 0.199 e. The molecule has 0 aromatic heterocycles. The van der Waals surface area contributed by atoms with E-state index >= 15 is 0 Å². The summed E-state index contributed by atoms with van der Waals surface area (Å²) in [6.07, 6.45) is 2.64. The van der Waals surface area contributed by atoms with Gasteiger partial charge in [0.05, 0.1) is 28.5 Å². The Kier molecular flexibility index (Phi) is 8.15. The molecule has 0 bridgehead atoms. The normalized spacial score (nSPS) is 13.8. The molecule has 2 aromatic carbocycles. The molecule has 0 spiro atoms. The number of nitrogens with zero attached hydrogens (tertiary/aromatic N) is 1. The highest BCUT2D eigenvalue weighted by Gasteiger charge is 2.30. The van der Waals surface area contributed by atoms with Crippen LogP contribution in [0.15, 0.2) is 57.8 Å². The average Bonchev–Trinajstić information content (AvgIpc) is 2.76. The van der Waals surface area contributed by atoms with E-state index < -0.39 is 5.78 Å². The summed E-state index contributed by atoms with van der Waals surface area (Å²) >= 11 is 14.1. The van der Waals surface area contributed by atoms with Crippen molar-refractivity contribution in [2.24, 2.45) is 5.84 Å². The van der Waals surface area contributed by atoms with Gasteiger partial charge in [-0.05, 0) is 37.1 Å². The van der Waals surface area contributed by atoms with Gasteiger partial charge in [-0.3, -0.25) is 20.0 Å². The minimum absolute atomic E-state index is 0.0471. The van der Waals surface area contributed by atoms with Gasteiger partial charge in [0.25, 0.3) is 0 Å². The Morgan fingerprint density at radius 1 is 1.19 bits per heavy atom. The lowest BCUT2D eigenvalue weighted by Crippen LogP contribution is -2.33. The van der Waals surface area contributed by atoms with Gasteiger partial charge >= 0.3 is 0 Å². The fourth-order valence-corrected chi connectivity index (χ4v) is 4.79. The maximum Gasteiger partial charge on any atom is 0.199 e. The van der Waals surface area contributed by atoms with Gasteiger partial charge in [0, 0.05) is 21.8 Å². The Bertz CT molecular complexity index is 1030. The summed E-state index contributed by atoms with van der Waals surface area (Å²) in [7, 11) is 0. The molecule has 0 aliphatic heterocycles. The summed E-state index contributed by atoms with van der Waals surface area (Å²) in [4.78, 5) is 27.8. The van der Waals surface area contributed by atoms with Gasteiger partial charge in [-0.2, -0.15) is 0 Å². The number of hydrazine groups is 1. The third-order valence-corrected chi connectivity index (χ3v) is 6.47. The van der Waals surface area contributed by atoms with Crippen LogP contribution in [0.1, 0.15) is 29.6 Å². The van der Waals surface area contributed by atoms with Gasteiger partial charge in [0.1, 0.15) is 6.61 Å². The van der Waals surface area contributed by atoms with Crippen LogP contribution in [0, 0.1) is 5.41 Å². The van der Waals surface area contributed by atoms with Crippen LogP contribution in [-0.2, 0) is 4.79 Å². The molecule has 3 rings (SSSR count). The number of rotatable bonds is 9. The highest BCUT2D eigenvalue weighted by Crippen LogP contribution is 2.40. The van der Waals surface area contributed by atoms with Gasteiger partial charge in [-0.1, -0.05) is 53.2 Å². The van der Waals surface area contributed by atoms with Crippen molar-refractivity contribution in [3.63, 3.8) is 0 Å². The summed E-state index contributed by atoms with van der Waals surface area (Å²) in [5.74, 6) is 5.05. The number of halogens is 2. The molecule has 0 radical (unpaired) electrons. The molecule has 0 amide bonds. The average molecular weight is 478 g/mol. The number of hydrogen-bond acceptors (Lipinski definition) is 6. The number of nitrogens with one attached hydrogen (secondary N) is 1. The van der Waals surface area contributed by atoms with Gasteiger partial charge in [-0.15, -0.1) is 0 Å². The lowest BCUT2D eigenvalue weighted by atomic mass is 9.91. The number of hydrogen-bond donors (Lipinski definition) is 2. The molecule has 162 valence electrons. The largest absolute Gasteiger partial charge is 0.489 e. The molecule has 6 nitrogen and oxygen atoms in total. The molecule has 9 heteroatoms. The molecule has 31 heavy (non-hydrogen) atoms. The van der Waals surface area contributed by atoms with Crippen molar-refractivity contribution in [3.8, 4) is 5.75 Å². The predicted molar refractivity (Wildman–Crippen MR) is 124 cm³/mol. The van der Waals surface area contributed by atoms with E-state index in [4.69, 9.17) is 39.2 Å². The number of allylic oxidation sites excluding steroid dienone is 2. The van der Waals surface area contributed by atoms with Crippen LogP contribution >= 0.6 is 35.0 Å². The first-order valence-electron chi connectivity index (χ1n) is 9.59. The molecule has 0 unspecified atom stereocenters. The zero-order valence-corrected chi connectivity index (χ0v) is 18.9. The quantitative estimate of drug-likeness (QED) is 0.129. The first kappa shape index (κ1) is 23.3. The number of Topliss-reactive ketones (excluding diaryl/α,β-unsaturated/α-hetero) is 2. The molecule has 0 saturated heterocycles. The highest BCUT2D eigenvalue weighted by atomic mass is 35.5. The lowest BCUT2D eigenvalue weighted by Gasteiger charge is -2.20. The first-order chi connectivity index (χ1) is 14.9. The third-order valence-electron chi connectivity index (χ3n) is 4.63. The summed E-state index contributed by atoms with van der Waals surface area (Å²) in [6, 6.07) is 12.6. The Balaban J connectivity index is 1.93. The van der Waals surface area contributed by atoms with Crippen LogP contribution in [0.25, 0.3) is 0 Å². The Morgan fingerprint density at radius 3 is 2.65 bits per heavy atom. The summed E-state index contributed by atoms with van der Waals surface area (Å²) in [5, 5.41) is 8.50. The molecular formula is C22H21Cl2N3O3S. The number of carbonyl (C=O) groups is 2. The van der Waals surface area contributed by atoms with E-state index in [2.05, 4.69) is 0 Å². The van der Waals surface area contributed by atoms with E-state index in [0.717, 1.165) is 21.1 Å². The second-order valence-electron chi connectivity index (χ2n) is 6.77. The fraction of sp³-hybridized carbons (Fsp3) is 0.227. The number of carbonyl (C=O) groups excluding carboxylic acids is 2. The molecule has 0 atom stereocenters. The highest BCUT2D eigenvalue weighted by molar-refractivity contribution is 8.03. The first-order valence-corrected chi connectivity index (χ1v) is 11.2. The number of benzene rings is 2. The third kappa shape index (κ3) is 5.68. The van der Waals surface area contributed by atoms with Crippen molar-refractivity contribution in [3.05, 3.63) is 68.6 Å². The van der Waals surface area contributed by atoms with Crippen molar-refractivity contribution < 1.29 is 14.3 Å². The van der Waals surface area contributed by atoms with Crippen LogP contribution in [0.4, 0.5) is 0 Å². The maximum atomic E-state index is 13.4. The Hall–Kier alpha value is -2.32. The molecule has 2 aromatic rings. The topological polar surface area (TPSA) is 96.5 Å². The van der Waals surface area contributed by atoms with Crippen LogP contribution < -0.4 is 10.6 Å².